The SMILES string of the molecule is CC(CCC(=O)N(CC(=O)O)N=O)C1CCC2C3C(C[C@H](O)C12C)C1(C)CC[C@@H](O)CC1C[C@H]3O. The highest BCUT2D eigenvalue weighted by molar-refractivity contribution is 5.80. The lowest BCUT2D eigenvalue weighted by molar-refractivity contribution is -0.207. The largest absolute Gasteiger partial charge is 0.480 e. The summed E-state index contributed by atoms with van der Waals surface area (Å²) in [5.41, 5.74) is -0.345. The molecular formula is C26H42N2O7. The van der Waals surface area contributed by atoms with Crippen molar-refractivity contribution < 1.29 is 30.0 Å². The Bertz CT molecular complexity index is 839. The predicted molar refractivity (Wildman–Crippen MR) is 128 cm³/mol. The molecular weight excluding hydrogens is 452 g/mol. The highest BCUT2D eigenvalue weighted by atomic mass is 16.4. The van der Waals surface area contributed by atoms with E-state index in [2.05, 4.69) is 26.1 Å². The smallest absolute Gasteiger partial charge is 0.325 e. The van der Waals surface area contributed by atoms with E-state index >= 15 is 0 Å². The summed E-state index contributed by atoms with van der Waals surface area (Å²) in [6, 6.07) is 0. The Balaban J connectivity index is 1.49. The van der Waals surface area contributed by atoms with Crippen molar-refractivity contribution in [2.24, 2.45) is 51.6 Å². The lowest BCUT2D eigenvalue weighted by atomic mass is 9.43. The van der Waals surface area contributed by atoms with Crippen molar-refractivity contribution in [3.8, 4) is 0 Å². The molecule has 8 unspecified atom stereocenters. The molecule has 0 aromatic heterocycles. The number of aliphatic hydroxyl groups excluding tert-OH is 3. The van der Waals surface area contributed by atoms with Gasteiger partial charge in [-0.2, -0.15) is 5.01 Å². The zero-order chi connectivity index (χ0) is 25.7. The molecule has 4 aliphatic rings. The van der Waals surface area contributed by atoms with Crippen LogP contribution in [0.15, 0.2) is 5.29 Å². The maximum Gasteiger partial charge on any atom is 0.325 e. The number of carbonyl (C=O) groups is 2. The number of fused-ring (bicyclic) bond motifs is 5. The van der Waals surface area contributed by atoms with Crippen LogP contribution in [-0.4, -0.2) is 62.2 Å². The van der Waals surface area contributed by atoms with Gasteiger partial charge in [0.1, 0.15) is 6.54 Å². The van der Waals surface area contributed by atoms with E-state index in [0.717, 1.165) is 32.1 Å². The van der Waals surface area contributed by atoms with Crippen LogP contribution in [-0.2, 0) is 9.59 Å². The van der Waals surface area contributed by atoms with Gasteiger partial charge in [0.2, 0.25) is 5.91 Å². The second-order valence-corrected chi connectivity index (χ2v) is 12.5. The average Bonchev–Trinajstić information content (AvgIpc) is 3.16. The Kier molecular flexibility index (Phi) is 7.34. The van der Waals surface area contributed by atoms with Gasteiger partial charge in [-0.15, -0.1) is 4.91 Å². The van der Waals surface area contributed by atoms with Crippen LogP contribution in [0.1, 0.15) is 78.6 Å². The molecule has 0 radical (unpaired) electrons. The van der Waals surface area contributed by atoms with Gasteiger partial charge < -0.3 is 20.4 Å². The molecule has 35 heavy (non-hydrogen) atoms. The van der Waals surface area contributed by atoms with E-state index in [4.69, 9.17) is 5.11 Å². The molecule has 4 saturated carbocycles. The van der Waals surface area contributed by atoms with E-state index in [0.29, 0.717) is 24.3 Å². The maximum atomic E-state index is 12.3. The first kappa shape index (κ1) is 26.5. The Labute approximate surface area is 207 Å². The molecule has 0 spiro atoms. The number of aliphatic carboxylic acids is 1. The molecule has 9 heteroatoms. The topological polar surface area (TPSA) is 148 Å². The van der Waals surface area contributed by atoms with Gasteiger partial charge in [-0.05, 0) is 97.7 Å². The zero-order valence-electron chi connectivity index (χ0n) is 21.2. The van der Waals surface area contributed by atoms with Gasteiger partial charge in [0.05, 0.1) is 23.6 Å². The first-order valence-corrected chi connectivity index (χ1v) is 13.3. The first-order chi connectivity index (χ1) is 16.4. The molecule has 4 aliphatic carbocycles. The molecule has 0 aromatic carbocycles. The molecule has 1 amide bonds. The molecule has 0 bridgehead atoms. The van der Waals surface area contributed by atoms with Crippen LogP contribution >= 0.6 is 0 Å². The average molecular weight is 495 g/mol. The molecule has 0 heterocycles. The van der Waals surface area contributed by atoms with E-state index < -0.39 is 30.6 Å². The summed E-state index contributed by atoms with van der Waals surface area (Å²) in [4.78, 5) is 34.1. The first-order valence-electron chi connectivity index (χ1n) is 13.3. The second kappa shape index (κ2) is 9.71. The number of rotatable bonds is 7. The summed E-state index contributed by atoms with van der Waals surface area (Å²) in [6.45, 7) is 5.80. The van der Waals surface area contributed by atoms with Crippen LogP contribution < -0.4 is 0 Å². The summed E-state index contributed by atoms with van der Waals surface area (Å²) in [5.74, 6) is -0.794. The Morgan fingerprint density at radius 2 is 1.77 bits per heavy atom. The maximum absolute atomic E-state index is 12.3. The molecule has 0 saturated heterocycles. The second-order valence-electron chi connectivity index (χ2n) is 12.5. The van der Waals surface area contributed by atoms with Crippen molar-refractivity contribution in [2.45, 2.75) is 96.9 Å². The van der Waals surface area contributed by atoms with Gasteiger partial charge in [0.25, 0.3) is 0 Å². The van der Waals surface area contributed by atoms with E-state index in [-0.39, 0.29) is 58.9 Å². The Morgan fingerprint density at radius 3 is 2.43 bits per heavy atom. The quantitative estimate of drug-likeness (QED) is 0.314. The molecule has 11 atom stereocenters. The minimum absolute atomic E-state index is 0.0248. The molecule has 9 nitrogen and oxygen atoms in total. The molecule has 0 aliphatic heterocycles. The molecule has 4 fully saturated rings. The summed E-state index contributed by atoms with van der Waals surface area (Å²) >= 11 is 0. The highest BCUT2D eigenvalue weighted by Gasteiger charge is 2.65. The van der Waals surface area contributed by atoms with Crippen molar-refractivity contribution in [3.05, 3.63) is 4.91 Å². The van der Waals surface area contributed by atoms with Crippen LogP contribution in [0.5, 0.6) is 0 Å². The normalized spacial score (nSPS) is 45.5. The monoisotopic (exact) mass is 494 g/mol. The summed E-state index contributed by atoms with van der Waals surface area (Å²) in [5, 5.41) is 45.1. The van der Waals surface area contributed by atoms with Gasteiger partial charge in [-0.3, -0.25) is 9.59 Å². The van der Waals surface area contributed by atoms with Crippen LogP contribution in [0.4, 0.5) is 0 Å². The number of hydrogen-bond acceptors (Lipinski definition) is 7. The summed E-state index contributed by atoms with van der Waals surface area (Å²) in [7, 11) is 0. The number of amides is 1. The predicted octanol–water partition coefficient (Wildman–Crippen LogP) is 2.96. The third-order valence-corrected chi connectivity index (χ3v) is 11.0. The fraction of sp³-hybridized carbons (Fsp3) is 0.923. The lowest BCUT2D eigenvalue weighted by Gasteiger charge is -2.63. The number of hydrogen-bond donors (Lipinski definition) is 4. The summed E-state index contributed by atoms with van der Waals surface area (Å²) < 4.78 is 0. The van der Waals surface area contributed by atoms with Crippen LogP contribution in [0.2, 0.25) is 0 Å². The number of carboxylic acid groups (broad SMARTS) is 1. The summed E-state index contributed by atoms with van der Waals surface area (Å²) in [6.07, 6.45) is 4.94. The number of carbonyl (C=O) groups excluding carboxylic acids is 1. The van der Waals surface area contributed by atoms with E-state index in [1.807, 2.05) is 0 Å². The molecule has 4 N–H and O–H groups in total. The van der Waals surface area contributed by atoms with Crippen molar-refractivity contribution in [1.29, 1.82) is 0 Å². The van der Waals surface area contributed by atoms with E-state index in [1.165, 1.54) is 0 Å². The fourth-order valence-electron chi connectivity index (χ4n) is 9.10. The minimum Gasteiger partial charge on any atom is -0.480 e. The van der Waals surface area contributed by atoms with E-state index in [1.54, 1.807) is 0 Å². The zero-order valence-corrected chi connectivity index (χ0v) is 21.2. The Hall–Kier alpha value is -1.58. The molecule has 4 rings (SSSR count). The Morgan fingerprint density at radius 1 is 1.06 bits per heavy atom. The number of nitrogens with zero attached hydrogens (tertiary/aromatic N) is 2. The van der Waals surface area contributed by atoms with Crippen molar-refractivity contribution in [1.82, 2.24) is 5.01 Å². The van der Waals surface area contributed by atoms with Gasteiger partial charge in [-0.25, -0.2) is 0 Å². The number of nitroso groups, excluding NO2 is 1. The molecule has 198 valence electrons. The van der Waals surface area contributed by atoms with Gasteiger partial charge in [0, 0.05) is 6.42 Å². The van der Waals surface area contributed by atoms with Gasteiger partial charge in [0.15, 0.2) is 0 Å². The van der Waals surface area contributed by atoms with E-state index in [9.17, 15) is 29.8 Å². The van der Waals surface area contributed by atoms with Crippen LogP contribution in [0.25, 0.3) is 0 Å². The van der Waals surface area contributed by atoms with Crippen molar-refractivity contribution in [2.75, 3.05) is 6.54 Å². The third-order valence-electron chi connectivity index (χ3n) is 11.0. The third kappa shape index (κ3) is 4.42. The van der Waals surface area contributed by atoms with Crippen LogP contribution in [0.3, 0.4) is 0 Å². The van der Waals surface area contributed by atoms with Crippen LogP contribution in [0, 0.1) is 51.2 Å². The van der Waals surface area contributed by atoms with Crippen molar-refractivity contribution in [3.63, 3.8) is 0 Å². The fourth-order valence-corrected chi connectivity index (χ4v) is 9.10. The number of carboxylic acids is 1. The highest BCUT2D eigenvalue weighted by Crippen LogP contribution is 2.68. The van der Waals surface area contributed by atoms with Gasteiger partial charge >= 0.3 is 5.97 Å². The minimum atomic E-state index is -1.29. The van der Waals surface area contributed by atoms with Crippen molar-refractivity contribution >= 4 is 11.9 Å². The number of aliphatic hydroxyl groups is 3. The lowest BCUT2D eigenvalue weighted by Crippen LogP contribution is -2.62. The standard InChI is InChI=1S/C26H42N2O7/c1-14(4-7-22(32)28(27-35)13-23(33)34)17-5-6-18-24-19(12-21(31)26(17,18)3)25(2)9-8-16(29)10-15(25)11-20(24)30/h14-21,24,29-31H,4-13H2,1-3H3,(H,33,34)/t14?,15?,16-,17?,18?,19?,20-,21+,24?,25?,26?/m1/s1. The molecule has 0 aromatic rings. The van der Waals surface area contributed by atoms with Gasteiger partial charge in [-0.1, -0.05) is 20.8 Å².